The van der Waals surface area contributed by atoms with Gasteiger partial charge in [0.25, 0.3) is 0 Å². The SMILES string of the molecule is Cc1cc(F)c(Br)cc1NC(C)CC1CCCCCN1. The van der Waals surface area contributed by atoms with Crippen molar-refractivity contribution in [3.63, 3.8) is 0 Å². The van der Waals surface area contributed by atoms with Crippen molar-refractivity contribution in [3.8, 4) is 0 Å². The lowest BCUT2D eigenvalue weighted by Gasteiger charge is -2.23. The molecule has 1 saturated heterocycles. The second kappa shape index (κ2) is 7.41. The summed E-state index contributed by atoms with van der Waals surface area (Å²) in [5, 5.41) is 7.13. The molecular formula is C16H24BrFN2. The molecule has 2 nitrogen and oxygen atoms in total. The maximum atomic E-state index is 13.4. The van der Waals surface area contributed by atoms with E-state index in [1.165, 1.54) is 25.7 Å². The summed E-state index contributed by atoms with van der Waals surface area (Å²) in [4.78, 5) is 0. The summed E-state index contributed by atoms with van der Waals surface area (Å²) in [6.45, 7) is 5.27. The number of hydrogen-bond acceptors (Lipinski definition) is 2. The van der Waals surface area contributed by atoms with E-state index in [4.69, 9.17) is 0 Å². The lowest BCUT2D eigenvalue weighted by Crippen LogP contribution is -2.33. The van der Waals surface area contributed by atoms with Crippen LogP contribution in [0.5, 0.6) is 0 Å². The van der Waals surface area contributed by atoms with Gasteiger partial charge in [0, 0.05) is 17.8 Å². The van der Waals surface area contributed by atoms with E-state index < -0.39 is 0 Å². The van der Waals surface area contributed by atoms with Crippen molar-refractivity contribution in [2.45, 2.75) is 58.0 Å². The lowest BCUT2D eigenvalue weighted by molar-refractivity contribution is 0.456. The molecule has 2 unspecified atom stereocenters. The average molecular weight is 343 g/mol. The number of rotatable bonds is 4. The van der Waals surface area contributed by atoms with E-state index in [0.29, 0.717) is 16.6 Å². The Morgan fingerprint density at radius 2 is 2.20 bits per heavy atom. The van der Waals surface area contributed by atoms with Crippen molar-refractivity contribution in [2.24, 2.45) is 0 Å². The molecule has 20 heavy (non-hydrogen) atoms. The first kappa shape index (κ1) is 15.8. The van der Waals surface area contributed by atoms with Crippen LogP contribution in [0.4, 0.5) is 10.1 Å². The molecular weight excluding hydrogens is 319 g/mol. The van der Waals surface area contributed by atoms with E-state index in [2.05, 4.69) is 33.5 Å². The fourth-order valence-electron chi connectivity index (χ4n) is 2.85. The Morgan fingerprint density at radius 3 is 3.00 bits per heavy atom. The predicted octanol–water partition coefficient (Wildman–Crippen LogP) is 4.62. The molecule has 0 bridgehead atoms. The molecule has 0 spiro atoms. The highest BCUT2D eigenvalue weighted by molar-refractivity contribution is 9.10. The van der Waals surface area contributed by atoms with Gasteiger partial charge in [0.15, 0.2) is 0 Å². The van der Waals surface area contributed by atoms with E-state index in [0.717, 1.165) is 24.2 Å². The summed E-state index contributed by atoms with van der Waals surface area (Å²) in [6.07, 6.45) is 6.33. The quantitative estimate of drug-likeness (QED) is 0.834. The van der Waals surface area contributed by atoms with Gasteiger partial charge in [-0.25, -0.2) is 4.39 Å². The van der Waals surface area contributed by atoms with Gasteiger partial charge >= 0.3 is 0 Å². The number of anilines is 1. The van der Waals surface area contributed by atoms with Crippen LogP contribution in [-0.4, -0.2) is 18.6 Å². The van der Waals surface area contributed by atoms with Gasteiger partial charge in [-0.15, -0.1) is 0 Å². The Labute approximate surface area is 129 Å². The standard InChI is InChI=1S/C16H24BrFN2/c1-11-8-15(18)14(17)10-16(11)20-12(2)9-13-6-4-3-5-7-19-13/h8,10,12-13,19-20H,3-7,9H2,1-2H3. The van der Waals surface area contributed by atoms with Crippen LogP contribution in [0.1, 0.15) is 44.6 Å². The smallest absolute Gasteiger partial charge is 0.137 e. The van der Waals surface area contributed by atoms with Crippen molar-refractivity contribution in [1.29, 1.82) is 0 Å². The predicted molar refractivity (Wildman–Crippen MR) is 86.8 cm³/mol. The summed E-state index contributed by atoms with van der Waals surface area (Å²) in [6, 6.07) is 4.39. The first-order valence-electron chi connectivity index (χ1n) is 7.52. The zero-order valence-electron chi connectivity index (χ0n) is 12.3. The fraction of sp³-hybridized carbons (Fsp3) is 0.625. The summed E-state index contributed by atoms with van der Waals surface area (Å²) in [5.41, 5.74) is 1.96. The Hall–Kier alpha value is -0.610. The van der Waals surface area contributed by atoms with E-state index in [1.54, 1.807) is 6.07 Å². The molecule has 0 aliphatic carbocycles. The van der Waals surface area contributed by atoms with Gasteiger partial charge in [-0.2, -0.15) is 0 Å². The van der Waals surface area contributed by atoms with Gasteiger partial charge in [0.1, 0.15) is 5.82 Å². The summed E-state index contributed by atoms with van der Waals surface area (Å²) in [5.74, 6) is -0.203. The number of benzene rings is 1. The van der Waals surface area contributed by atoms with Crippen LogP contribution in [0.3, 0.4) is 0 Å². The summed E-state index contributed by atoms with van der Waals surface area (Å²) >= 11 is 3.25. The molecule has 1 aliphatic heterocycles. The zero-order valence-corrected chi connectivity index (χ0v) is 13.9. The van der Waals surface area contributed by atoms with Crippen LogP contribution in [0, 0.1) is 12.7 Å². The number of aryl methyl sites for hydroxylation is 1. The second-order valence-corrected chi connectivity index (χ2v) is 6.72. The first-order valence-corrected chi connectivity index (χ1v) is 8.31. The third kappa shape index (κ3) is 4.45. The summed E-state index contributed by atoms with van der Waals surface area (Å²) in [7, 11) is 0. The lowest BCUT2D eigenvalue weighted by atomic mass is 10.0. The van der Waals surface area contributed by atoms with Gasteiger partial charge < -0.3 is 10.6 Å². The molecule has 2 rings (SSSR count). The molecule has 0 aromatic heterocycles. The van der Waals surface area contributed by atoms with Gasteiger partial charge in [0.05, 0.1) is 4.47 Å². The van der Waals surface area contributed by atoms with Crippen LogP contribution in [0.25, 0.3) is 0 Å². The van der Waals surface area contributed by atoms with Crippen molar-refractivity contribution in [3.05, 3.63) is 28.0 Å². The monoisotopic (exact) mass is 342 g/mol. The Bertz CT molecular complexity index is 442. The topological polar surface area (TPSA) is 24.1 Å². The van der Waals surface area contributed by atoms with Crippen molar-refractivity contribution >= 4 is 21.6 Å². The molecule has 1 fully saturated rings. The van der Waals surface area contributed by atoms with Crippen molar-refractivity contribution in [2.75, 3.05) is 11.9 Å². The Morgan fingerprint density at radius 1 is 1.40 bits per heavy atom. The average Bonchev–Trinajstić information content (AvgIpc) is 2.64. The largest absolute Gasteiger partial charge is 0.382 e. The van der Waals surface area contributed by atoms with Gasteiger partial charge in [-0.3, -0.25) is 0 Å². The van der Waals surface area contributed by atoms with Crippen LogP contribution in [0.15, 0.2) is 16.6 Å². The zero-order chi connectivity index (χ0) is 14.5. The number of halogens is 2. The van der Waals surface area contributed by atoms with Crippen LogP contribution in [-0.2, 0) is 0 Å². The number of hydrogen-bond donors (Lipinski definition) is 2. The first-order chi connectivity index (χ1) is 9.56. The molecule has 2 atom stereocenters. The van der Waals surface area contributed by atoms with E-state index >= 15 is 0 Å². The fourth-order valence-corrected chi connectivity index (χ4v) is 3.20. The normalized spacial score (nSPS) is 21.3. The highest BCUT2D eigenvalue weighted by Gasteiger charge is 2.15. The van der Waals surface area contributed by atoms with Gasteiger partial charge in [-0.1, -0.05) is 12.8 Å². The second-order valence-electron chi connectivity index (χ2n) is 5.86. The van der Waals surface area contributed by atoms with E-state index in [-0.39, 0.29) is 5.82 Å². The maximum Gasteiger partial charge on any atom is 0.137 e. The van der Waals surface area contributed by atoms with Crippen LogP contribution < -0.4 is 10.6 Å². The van der Waals surface area contributed by atoms with Gasteiger partial charge in [0.2, 0.25) is 0 Å². The highest BCUT2D eigenvalue weighted by Crippen LogP contribution is 2.25. The molecule has 0 amide bonds. The molecule has 1 aliphatic rings. The van der Waals surface area contributed by atoms with Crippen molar-refractivity contribution < 1.29 is 4.39 Å². The van der Waals surface area contributed by atoms with Crippen LogP contribution in [0.2, 0.25) is 0 Å². The molecule has 0 saturated carbocycles. The minimum absolute atomic E-state index is 0.203. The molecule has 1 aromatic rings. The Kier molecular flexibility index (Phi) is 5.85. The highest BCUT2D eigenvalue weighted by atomic mass is 79.9. The molecule has 1 heterocycles. The maximum absolute atomic E-state index is 13.4. The third-order valence-corrected chi connectivity index (χ3v) is 4.58. The van der Waals surface area contributed by atoms with Gasteiger partial charge in [-0.05, 0) is 73.3 Å². The molecule has 0 radical (unpaired) electrons. The van der Waals surface area contributed by atoms with Crippen LogP contribution >= 0.6 is 15.9 Å². The number of nitrogens with one attached hydrogen (secondary N) is 2. The van der Waals surface area contributed by atoms with E-state index in [9.17, 15) is 4.39 Å². The summed E-state index contributed by atoms with van der Waals surface area (Å²) < 4.78 is 13.9. The Balaban J connectivity index is 1.93. The van der Waals surface area contributed by atoms with Crippen molar-refractivity contribution in [1.82, 2.24) is 5.32 Å². The third-order valence-electron chi connectivity index (χ3n) is 3.97. The van der Waals surface area contributed by atoms with E-state index in [1.807, 2.05) is 13.0 Å². The molecule has 112 valence electrons. The minimum Gasteiger partial charge on any atom is -0.382 e. The minimum atomic E-state index is -0.203. The molecule has 2 N–H and O–H groups in total. The molecule has 4 heteroatoms. The molecule has 1 aromatic carbocycles.